The van der Waals surface area contributed by atoms with Crippen molar-refractivity contribution in [3.8, 4) is 0 Å². The van der Waals surface area contributed by atoms with E-state index in [0.29, 0.717) is 6.04 Å². The van der Waals surface area contributed by atoms with Gasteiger partial charge in [-0.1, -0.05) is 0 Å². The summed E-state index contributed by atoms with van der Waals surface area (Å²) in [5.74, 6) is 0. The molecule has 0 spiro atoms. The summed E-state index contributed by atoms with van der Waals surface area (Å²) in [5.41, 5.74) is 4.93. The molecule has 0 aliphatic heterocycles. The molecule has 19 heavy (non-hydrogen) atoms. The highest BCUT2D eigenvalue weighted by molar-refractivity contribution is 5.27. The van der Waals surface area contributed by atoms with Gasteiger partial charge in [0.15, 0.2) is 0 Å². The zero-order valence-electron chi connectivity index (χ0n) is 12.4. The van der Waals surface area contributed by atoms with Gasteiger partial charge in [0.25, 0.3) is 0 Å². The normalized spacial score (nSPS) is 12.9. The van der Waals surface area contributed by atoms with Gasteiger partial charge in [-0.2, -0.15) is 10.2 Å². The molecule has 1 N–H and O–H groups in total. The molecule has 0 aliphatic rings. The third-order valence-electron chi connectivity index (χ3n) is 3.62. The van der Waals surface area contributed by atoms with Crippen molar-refractivity contribution >= 4 is 0 Å². The van der Waals surface area contributed by atoms with Crippen LogP contribution in [0.5, 0.6) is 0 Å². The number of nitrogens with zero attached hydrogens (tertiary/aromatic N) is 4. The molecular weight excluding hydrogens is 238 g/mol. The minimum Gasteiger partial charge on any atom is -0.310 e. The second kappa shape index (κ2) is 5.57. The highest BCUT2D eigenvalue weighted by Gasteiger charge is 2.15. The van der Waals surface area contributed by atoms with E-state index in [1.165, 1.54) is 16.8 Å². The first-order valence-corrected chi connectivity index (χ1v) is 6.70. The van der Waals surface area contributed by atoms with E-state index in [4.69, 9.17) is 0 Å². The molecule has 2 rings (SSSR count). The largest absolute Gasteiger partial charge is 0.310 e. The molecule has 0 saturated heterocycles. The molecule has 104 valence electrons. The van der Waals surface area contributed by atoms with Crippen molar-refractivity contribution in [1.29, 1.82) is 0 Å². The van der Waals surface area contributed by atoms with Gasteiger partial charge in [-0.25, -0.2) is 0 Å². The van der Waals surface area contributed by atoms with E-state index in [9.17, 15) is 0 Å². The van der Waals surface area contributed by atoms with E-state index in [-0.39, 0.29) is 0 Å². The Morgan fingerprint density at radius 1 is 1.32 bits per heavy atom. The van der Waals surface area contributed by atoms with Crippen molar-refractivity contribution in [2.24, 2.45) is 14.1 Å². The quantitative estimate of drug-likeness (QED) is 0.890. The van der Waals surface area contributed by atoms with Gasteiger partial charge in [0.1, 0.15) is 0 Å². The number of aryl methyl sites for hydroxylation is 3. The van der Waals surface area contributed by atoms with Crippen LogP contribution in [0, 0.1) is 13.8 Å². The topological polar surface area (TPSA) is 47.7 Å². The summed E-state index contributed by atoms with van der Waals surface area (Å²) in [4.78, 5) is 0. The Kier molecular flexibility index (Phi) is 4.04. The standard InChI is InChI=1S/C14H23N5/c1-10(14-11(2)17-19(5)12(14)3)15-7-6-13-8-16-18(4)9-13/h8-10,15H,6-7H2,1-5H3. The van der Waals surface area contributed by atoms with Gasteiger partial charge in [0.2, 0.25) is 0 Å². The Balaban J connectivity index is 1.92. The molecule has 0 aromatic carbocycles. The molecule has 2 aromatic heterocycles. The van der Waals surface area contributed by atoms with Crippen molar-refractivity contribution in [3.05, 3.63) is 34.9 Å². The number of rotatable bonds is 5. The van der Waals surface area contributed by atoms with Crippen LogP contribution in [0.2, 0.25) is 0 Å². The molecule has 2 aromatic rings. The van der Waals surface area contributed by atoms with Crippen LogP contribution in [0.4, 0.5) is 0 Å². The van der Waals surface area contributed by atoms with E-state index in [2.05, 4.69) is 42.5 Å². The Morgan fingerprint density at radius 2 is 2.05 bits per heavy atom. The first-order chi connectivity index (χ1) is 8.99. The second-order valence-corrected chi connectivity index (χ2v) is 5.16. The van der Waals surface area contributed by atoms with Gasteiger partial charge in [0, 0.05) is 37.6 Å². The molecular formula is C14H23N5. The van der Waals surface area contributed by atoms with Crippen LogP contribution in [-0.4, -0.2) is 26.1 Å². The van der Waals surface area contributed by atoms with Crippen molar-refractivity contribution in [2.45, 2.75) is 33.2 Å². The lowest BCUT2D eigenvalue weighted by Gasteiger charge is -2.14. The Bertz CT molecular complexity index is 552. The zero-order valence-corrected chi connectivity index (χ0v) is 12.4. The molecule has 0 fully saturated rings. The molecule has 2 heterocycles. The lowest BCUT2D eigenvalue weighted by Crippen LogP contribution is -2.22. The fourth-order valence-electron chi connectivity index (χ4n) is 2.55. The minimum atomic E-state index is 0.324. The molecule has 5 nitrogen and oxygen atoms in total. The summed E-state index contributed by atoms with van der Waals surface area (Å²) in [6.07, 6.45) is 4.98. The van der Waals surface area contributed by atoms with Gasteiger partial charge < -0.3 is 5.32 Å². The lowest BCUT2D eigenvalue weighted by atomic mass is 10.1. The summed E-state index contributed by atoms with van der Waals surface area (Å²) in [6.45, 7) is 7.33. The lowest BCUT2D eigenvalue weighted by molar-refractivity contribution is 0.571. The van der Waals surface area contributed by atoms with Gasteiger partial charge in [-0.3, -0.25) is 9.36 Å². The third kappa shape index (κ3) is 3.04. The molecule has 0 aliphatic carbocycles. The minimum absolute atomic E-state index is 0.324. The fraction of sp³-hybridized carbons (Fsp3) is 0.571. The maximum absolute atomic E-state index is 4.46. The summed E-state index contributed by atoms with van der Waals surface area (Å²) in [6, 6.07) is 0.324. The maximum atomic E-state index is 4.46. The number of hydrogen-bond donors (Lipinski definition) is 1. The molecule has 0 bridgehead atoms. The van der Waals surface area contributed by atoms with Gasteiger partial charge in [-0.05, 0) is 39.3 Å². The molecule has 0 saturated carbocycles. The van der Waals surface area contributed by atoms with E-state index in [1.54, 1.807) is 0 Å². The van der Waals surface area contributed by atoms with Crippen LogP contribution in [0.15, 0.2) is 12.4 Å². The third-order valence-corrected chi connectivity index (χ3v) is 3.62. The maximum Gasteiger partial charge on any atom is 0.0644 e. The van der Waals surface area contributed by atoms with Crippen molar-refractivity contribution in [3.63, 3.8) is 0 Å². The van der Waals surface area contributed by atoms with Gasteiger partial charge >= 0.3 is 0 Å². The average Bonchev–Trinajstić information content (AvgIpc) is 2.84. The van der Waals surface area contributed by atoms with Crippen molar-refractivity contribution in [2.75, 3.05) is 6.54 Å². The predicted molar refractivity (Wildman–Crippen MR) is 76.0 cm³/mol. The van der Waals surface area contributed by atoms with Crippen LogP contribution >= 0.6 is 0 Å². The predicted octanol–water partition coefficient (Wildman–Crippen LogP) is 1.66. The van der Waals surface area contributed by atoms with Crippen LogP contribution < -0.4 is 5.32 Å². The molecule has 1 unspecified atom stereocenters. The highest BCUT2D eigenvalue weighted by Crippen LogP contribution is 2.20. The summed E-state index contributed by atoms with van der Waals surface area (Å²) in [7, 11) is 3.94. The van der Waals surface area contributed by atoms with Crippen molar-refractivity contribution < 1.29 is 0 Å². The first-order valence-electron chi connectivity index (χ1n) is 6.70. The van der Waals surface area contributed by atoms with Crippen molar-refractivity contribution in [1.82, 2.24) is 24.9 Å². The summed E-state index contributed by atoms with van der Waals surface area (Å²) >= 11 is 0. The highest BCUT2D eigenvalue weighted by atomic mass is 15.3. The Morgan fingerprint density at radius 3 is 2.58 bits per heavy atom. The van der Waals surface area contributed by atoms with E-state index < -0.39 is 0 Å². The number of hydrogen-bond acceptors (Lipinski definition) is 3. The van der Waals surface area contributed by atoms with Crippen LogP contribution in [0.3, 0.4) is 0 Å². The molecule has 1 atom stereocenters. The smallest absolute Gasteiger partial charge is 0.0644 e. The first kappa shape index (κ1) is 13.8. The summed E-state index contributed by atoms with van der Waals surface area (Å²) in [5, 5.41) is 12.2. The molecule has 5 heteroatoms. The van der Waals surface area contributed by atoms with Crippen LogP contribution in [0.1, 0.15) is 35.5 Å². The van der Waals surface area contributed by atoms with Gasteiger partial charge in [-0.15, -0.1) is 0 Å². The zero-order chi connectivity index (χ0) is 14.0. The average molecular weight is 261 g/mol. The van der Waals surface area contributed by atoms with E-state index in [1.807, 2.05) is 29.7 Å². The van der Waals surface area contributed by atoms with E-state index in [0.717, 1.165) is 18.7 Å². The molecule has 0 amide bonds. The van der Waals surface area contributed by atoms with Crippen LogP contribution in [0.25, 0.3) is 0 Å². The Hall–Kier alpha value is -1.62. The molecule has 0 radical (unpaired) electrons. The van der Waals surface area contributed by atoms with Gasteiger partial charge in [0.05, 0.1) is 11.9 Å². The summed E-state index contributed by atoms with van der Waals surface area (Å²) < 4.78 is 3.79. The van der Waals surface area contributed by atoms with Crippen LogP contribution in [-0.2, 0) is 20.5 Å². The monoisotopic (exact) mass is 261 g/mol. The number of nitrogens with one attached hydrogen (secondary N) is 1. The van der Waals surface area contributed by atoms with E-state index >= 15 is 0 Å². The number of aromatic nitrogens is 4. The SMILES string of the molecule is Cc1nn(C)c(C)c1C(C)NCCc1cnn(C)c1. The fourth-order valence-corrected chi connectivity index (χ4v) is 2.55. The Labute approximate surface area is 114 Å². The second-order valence-electron chi connectivity index (χ2n) is 5.16.